The highest BCUT2D eigenvalue weighted by Crippen LogP contribution is 2.15. The quantitative estimate of drug-likeness (QED) is 0.796. The first kappa shape index (κ1) is 12.6. The van der Waals surface area contributed by atoms with E-state index in [1.807, 2.05) is 6.92 Å². The van der Waals surface area contributed by atoms with Gasteiger partial charge in [0.15, 0.2) is 0 Å². The molecule has 4 nitrogen and oxygen atoms in total. The first-order chi connectivity index (χ1) is 7.06. The molecule has 0 amide bonds. The van der Waals surface area contributed by atoms with E-state index in [4.69, 9.17) is 0 Å². The molecular weight excluding hydrogens is 234 g/mol. The Bertz CT molecular complexity index is 372. The number of thiophene rings is 1. The van der Waals surface area contributed by atoms with E-state index in [1.54, 1.807) is 17.5 Å². The summed E-state index contributed by atoms with van der Waals surface area (Å²) in [4.78, 5) is 0. The molecule has 1 rings (SSSR count). The zero-order valence-electron chi connectivity index (χ0n) is 8.51. The Morgan fingerprint density at radius 2 is 2.33 bits per heavy atom. The molecule has 0 spiro atoms. The van der Waals surface area contributed by atoms with Crippen LogP contribution >= 0.6 is 11.3 Å². The van der Waals surface area contributed by atoms with E-state index >= 15 is 0 Å². The Hall–Kier alpha value is -0.430. The van der Waals surface area contributed by atoms with Crippen molar-refractivity contribution >= 4 is 21.4 Å². The lowest BCUT2D eigenvalue weighted by atomic mass is 10.2. The van der Waals surface area contributed by atoms with E-state index in [1.165, 1.54) is 0 Å². The normalized spacial score (nSPS) is 14.0. The van der Waals surface area contributed by atoms with Crippen LogP contribution in [0.2, 0.25) is 0 Å². The van der Waals surface area contributed by atoms with Crippen LogP contribution < -0.4 is 4.72 Å². The summed E-state index contributed by atoms with van der Waals surface area (Å²) in [6.07, 6.45) is 0.833. The van der Waals surface area contributed by atoms with Gasteiger partial charge in [-0.1, -0.05) is 19.4 Å². The van der Waals surface area contributed by atoms with Gasteiger partial charge in [0, 0.05) is 6.54 Å². The van der Waals surface area contributed by atoms with Crippen LogP contribution in [0.25, 0.3) is 0 Å². The molecule has 0 aliphatic carbocycles. The summed E-state index contributed by atoms with van der Waals surface area (Å²) in [5.41, 5.74) is 0. The van der Waals surface area contributed by atoms with Crippen molar-refractivity contribution in [3.8, 4) is 0 Å². The maximum absolute atomic E-state index is 11.6. The lowest BCUT2D eigenvalue weighted by molar-refractivity contribution is 0.167. The Balaban J connectivity index is 2.52. The number of hydrogen-bond acceptors (Lipinski definition) is 4. The summed E-state index contributed by atoms with van der Waals surface area (Å²) in [6, 6.07) is 3.22. The van der Waals surface area contributed by atoms with Gasteiger partial charge in [-0.15, -0.1) is 11.3 Å². The molecule has 0 aromatic carbocycles. The molecule has 0 radical (unpaired) electrons. The molecule has 6 heteroatoms. The summed E-state index contributed by atoms with van der Waals surface area (Å²) in [5.74, 6) is 0. The minimum atomic E-state index is -3.42. The zero-order chi connectivity index (χ0) is 11.3. The summed E-state index contributed by atoms with van der Waals surface area (Å²) in [6.45, 7) is 2.02. The van der Waals surface area contributed by atoms with Crippen LogP contribution in [-0.2, 0) is 10.0 Å². The molecule has 0 saturated heterocycles. The van der Waals surface area contributed by atoms with E-state index in [9.17, 15) is 13.5 Å². The monoisotopic (exact) mass is 249 g/mol. The van der Waals surface area contributed by atoms with Crippen LogP contribution in [0.3, 0.4) is 0 Å². The van der Waals surface area contributed by atoms with Crippen LogP contribution in [0.5, 0.6) is 0 Å². The molecule has 1 unspecified atom stereocenters. The largest absolute Gasteiger partial charge is 0.392 e. The van der Waals surface area contributed by atoms with Gasteiger partial charge >= 0.3 is 0 Å². The Morgan fingerprint density at radius 1 is 1.60 bits per heavy atom. The molecule has 0 bridgehead atoms. The predicted octanol–water partition coefficient (Wildman–Crippen LogP) is 1.19. The zero-order valence-corrected chi connectivity index (χ0v) is 10.1. The first-order valence-corrected chi connectivity index (χ1v) is 7.13. The Labute approximate surface area is 94.0 Å². The van der Waals surface area contributed by atoms with Crippen LogP contribution in [0, 0.1) is 0 Å². The minimum absolute atomic E-state index is 0.0775. The van der Waals surface area contributed by atoms with Crippen LogP contribution in [0.1, 0.15) is 19.8 Å². The summed E-state index contributed by atoms with van der Waals surface area (Å²) >= 11 is 1.16. The molecular formula is C9H15NO3S2. The first-order valence-electron chi connectivity index (χ1n) is 4.77. The van der Waals surface area contributed by atoms with Crippen molar-refractivity contribution in [3.05, 3.63) is 17.5 Å². The number of aliphatic hydroxyl groups is 1. The molecule has 0 aliphatic rings. The van der Waals surface area contributed by atoms with Gasteiger partial charge in [-0.3, -0.25) is 0 Å². The van der Waals surface area contributed by atoms with Gasteiger partial charge in [0.1, 0.15) is 4.21 Å². The number of nitrogens with one attached hydrogen (secondary N) is 1. The highest BCUT2D eigenvalue weighted by Gasteiger charge is 2.15. The molecule has 1 aromatic heterocycles. The molecule has 0 fully saturated rings. The van der Waals surface area contributed by atoms with Gasteiger partial charge < -0.3 is 5.11 Å². The van der Waals surface area contributed by atoms with Crippen molar-refractivity contribution in [1.82, 2.24) is 4.72 Å². The Kier molecular flexibility index (Phi) is 4.72. The average Bonchev–Trinajstić information content (AvgIpc) is 2.69. The second-order valence-electron chi connectivity index (χ2n) is 3.23. The van der Waals surface area contributed by atoms with Crippen molar-refractivity contribution < 1.29 is 13.5 Å². The molecule has 15 heavy (non-hydrogen) atoms. The van der Waals surface area contributed by atoms with E-state index < -0.39 is 16.1 Å². The minimum Gasteiger partial charge on any atom is -0.392 e. The average molecular weight is 249 g/mol. The molecule has 1 heterocycles. The number of aliphatic hydroxyl groups excluding tert-OH is 1. The van der Waals surface area contributed by atoms with E-state index in [0.29, 0.717) is 6.42 Å². The number of hydrogen-bond donors (Lipinski definition) is 2. The van der Waals surface area contributed by atoms with Crippen molar-refractivity contribution in [2.45, 2.75) is 30.1 Å². The van der Waals surface area contributed by atoms with Gasteiger partial charge in [-0.2, -0.15) is 0 Å². The molecule has 2 N–H and O–H groups in total. The maximum Gasteiger partial charge on any atom is 0.250 e. The highest BCUT2D eigenvalue weighted by atomic mass is 32.2. The molecule has 1 aromatic rings. The second-order valence-corrected chi connectivity index (χ2v) is 6.17. The summed E-state index contributed by atoms with van der Waals surface area (Å²) in [5, 5.41) is 11.1. The fourth-order valence-corrected chi connectivity index (χ4v) is 3.24. The molecule has 86 valence electrons. The number of rotatable bonds is 6. The van der Waals surface area contributed by atoms with Crippen molar-refractivity contribution in [3.63, 3.8) is 0 Å². The SMILES string of the molecule is CCCC(O)CNS(=O)(=O)c1cccs1. The van der Waals surface area contributed by atoms with Gasteiger partial charge in [-0.05, 0) is 17.9 Å². The predicted molar refractivity (Wildman–Crippen MR) is 60.4 cm³/mol. The maximum atomic E-state index is 11.6. The van der Waals surface area contributed by atoms with Crippen LogP contribution in [0.4, 0.5) is 0 Å². The van der Waals surface area contributed by atoms with Crippen molar-refractivity contribution in [2.24, 2.45) is 0 Å². The highest BCUT2D eigenvalue weighted by molar-refractivity contribution is 7.91. The number of sulfonamides is 1. The second kappa shape index (κ2) is 5.60. The van der Waals surface area contributed by atoms with Gasteiger partial charge in [0.05, 0.1) is 6.10 Å². The van der Waals surface area contributed by atoms with Crippen molar-refractivity contribution in [2.75, 3.05) is 6.54 Å². The van der Waals surface area contributed by atoms with Crippen molar-refractivity contribution in [1.29, 1.82) is 0 Å². The van der Waals surface area contributed by atoms with Gasteiger partial charge in [0.2, 0.25) is 10.0 Å². The molecule has 1 atom stereocenters. The molecule has 0 aliphatic heterocycles. The smallest absolute Gasteiger partial charge is 0.250 e. The summed E-state index contributed by atoms with van der Waals surface area (Å²) < 4.78 is 25.8. The fourth-order valence-electron chi connectivity index (χ4n) is 1.13. The summed E-state index contributed by atoms with van der Waals surface area (Å²) in [7, 11) is -3.42. The van der Waals surface area contributed by atoms with E-state index in [0.717, 1.165) is 17.8 Å². The van der Waals surface area contributed by atoms with Crippen LogP contribution in [-0.4, -0.2) is 26.2 Å². The third kappa shape index (κ3) is 3.90. The van der Waals surface area contributed by atoms with E-state index in [2.05, 4.69) is 4.72 Å². The lowest BCUT2D eigenvalue weighted by Gasteiger charge is -2.09. The van der Waals surface area contributed by atoms with Crippen LogP contribution in [0.15, 0.2) is 21.7 Å². The van der Waals surface area contributed by atoms with Gasteiger partial charge in [-0.25, -0.2) is 13.1 Å². The lowest BCUT2D eigenvalue weighted by Crippen LogP contribution is -2.31. The van der Waals surface area contributed by atoms with E-state index in [-0.39, 0.29) is 10.8 Å². The molecule has 0 saturated carbocycles. The Morgan fingerprint density at radius 3 is 2.87 bits per heavy atom. The third-order valence-electron chi connectivity index (χ3n) is 1.89. The topological polar surface area (TPSA) is 66.4 Å². The fraction of sp³-hybridized carbons (Fsp3) is 0.556. The third-order valence-corrected chi connectivity index (χ3v) is 4.71. The van der Waals surface area contributed by atoms with Gasteiger partial charge in [0.25, 0.3) is 0 Å². The standard InChI is InChI=1S/C9H15NO3S2/c1-2-4-8(11)7-10-15(12,13)9-5-3-6-14-9/h3,5-6,8,10-11H,2,4,7H2,1H3.